The van der Waals surface area contributed by atoms with Crippen LogP contribution in [0.1, 0.15) is 110 Å². The van der Waals surface area contributed by atoms with E-state index in [4.69, 9.17) is 4.98 Å². The van der Waals surface area contributed by atoms with Crippen LogP contribution in [0, 0.1) is 23.7 Å². The van der Waals surface area contributed by atoms with Crippen molar-refractivity contribution in [2.75, 3.05) is 0 Å². The summed E-state index contributed by atoms with van der Waals surface area (Å²) in [6, 6.07) is 46.5. The van der Waals surface area contributed by atoms with Gasteiger partial charge in [-0.3, -0.25) is 4.98 Å². The van der Waals surface area contributed by atoms with E-state index in [0.29, 0.717) is 23.7 Å². The molecule has 8 bridgehead atoms. The zero-order valence-corrected chi connectivity index (χ0v) is 35.2. The van der Waals surface area contributed by atoms with Gasteiger partial charge < -0.3 is 8.97 Å². The molecule has 4 aromatic heterocycles. The molecule has 0 spiro atoms. The Hall–Kier alpha value is -5.93. The van der Waals surface area contributed by atoms with E-state index in [1.165, 1.54) is 152 Å². The van der Waals surface area contributed by atoms with Gasteiger partial charge in [0.25, 0.3) is 0 Å². The van der Waals surface area contributed by atoms with E-state index in [0.717, 1.165) is 23.7 Å². The largest absolute Gasteiger partial charge is 0.308 e. The topological polar surface area (TPSA) is 22.2 Å². The summed E-state index contributed by atoms with van der Waals surface area (Å²) >= 11 is 0. The third kappa shape index (κ3) is 4.26. The van der Waals surface area contributed by atoms with E-state index in [9.17, 15) is 0 Å². The first-order valence-corrected chi connectivity index (χ1v) is 24.1. The van der Waals surface area contributed by atoms with Crippen molar-refractivity contribution < 1.29 is 0 Å². The van der Waals surface area contributed by atoms with E-state index in [2.05, 4.69) is 136 Å². The van der Waals surface area contributed by atoms with Crippen LogP contribution in [0.5, 0.6) is 0 Å². The highest BCUT2D eigenvalue weighted by atomic mass is 15.0. The molecule has 4 fully saturated rings. The third-order valence-electron chi connectivity index (χ3n) is 17.9. The zero-order chi connectivity index (χ0) is 39.9. The first-order chi connectivity index (χ1) is 30.7. The van der Waals surface area contributed by atoms with Crippen LogP contribution in [-0.4, -0.2) is 14.0 Å². The van der Waals surface area contributed by atoms with Gasteiger partial charge in [0.15, 0.2) is 0 Å². The molecule has 0 radical (unpaired) electrons. The molecule has 4 heterocycles. The fourth-order valence-corrected chi connectivity index (χ4v) is 16.1. The number of hydrogen-bond acceptors (Lipinski definition) is 1. The Morgan fingerprint density at radius 3 is 1.73 bits per heavy atom. The van der Waals surface area contributed by atoms with Gasteiger partial charge in [-0.15, -0.1) is 0 Å². The zero-order valence-electron chi connectivity index (χ0n) is 35.2. The first kappa shape index (κ1) is 33.7. The molecule has 8 aliphatic rings. The van der Waals surface area contributed by atoms with Gasteiger partial charge in [-0.25, -0.2) is 0 Å². The van der Waals surface area contributed by atoms with E-state index in [-0.39, 0.29) is 0 Å². The van der Waals surface area contributed by atoms with E-state index in [1.54, 1.807) is 22.1 Å². The van der Waals surface area contributed by atoms with Crippen LogP contribution in [0.4, 0.5) is 0 Å². The molecule has 0 amide bonds. The molecule has 4 saturated carbocycles. The molecule has 0 N–H and O–H groups in total. The van der Waals surface area contributed by atoms with Gasteiger partial charge in [0.1, 0.15) is 0 Å². The summed E-state index contributed by atoms with van der Waals surface area (Å²) in [5.41, 5.74) is 19.6. The number of rotatable bonds is 3. The Balaban J connectivity index is 1.14. The Labute approximate surface area is 361 Å². The van der Waals surface area contributed by atoms with Crippen molar-refractivity contribution in [3.05, 3.63) is 150 Å². The van der Waals surface area contributed by atoms with Gasteiger partial charge in [0, 0.05) is 55.1 Å². The molecule has 8 aliphatic carbocycles. The number of aromatic nitrogens is 3. The van der Waals surface area contributed by atoms with Crippen LogP contribution in [0.15, 0.2) is 128 Å². The van der Waals surface area contributed by atoms with Gasteiger partial charge in [-0.05, 0) is 152 Å². The van der Waals surface area contributed by atoms with Crippen LogP contribution in [0.25, 0.3) is 87.8 Å². The van der Waals surface area contributed by atoms with Gasteiger partial charge in [0.05, 0.1) is 39.5 Å². The molecule has 4 unspecified atom stereocenters. The second kappa shape index (κ2) is 12.0. The number of nitrogens with zero attached hydrogens (tertiary/aromatic N) is 3. The van der Waals surface area contributed by atoms with Crippen LogP contribution < -0.4 is 0 Å². The van der Waals surface area contributed by atoms with Crippen molar-refractivity contribution in [3.8, 4) is 27.9 Å². The average molecular weight is 800 g/mol. The van der Waals surface area contributed by atoms with Gasteiger partial charge >= 0.3 is 0 Å². The molecule has 0 aliphatic heterocycles. The normalized spacial score (nSPS) is 27.0. The molecule has 4 atom stereocenters. The summed E-state index contributed by atoms with van der Waals surface area (Å²) < 4.78 is 5.45. The van der Waals surface area contributed by atoms with Crippen LogP contribution in [-0.2, 0) is 0 Å². The van der Waals surface area contributed by atoms with Crippen molar-refractivity contribution in [2.45, 2.75) is 87.9 Å². The highest BCUT2D eigenvalue weighted by Gasteiger charge is 2.46. The van der Waals surface area contributed by atoms with Crippen LogP contribution in [0.2, 0.25) is 0 Å². The summed E-state index contributed by atoms with van der Waals surface area (Å²) in [5, 5.41) is 8.80. The van der Waals surface area contributed by atoms with Crippen molar-refractivity contribution in [2.24, 2.45) is 23.7 Å². The minimum Gasteiger partial charge on any atom is -0.308 e. The number of hydrogen-bond donors (Lipinski definition) is 0. The van der Waals surface area contributed by atoms with E-state index in [1.807, 2.05) is 0 Å². The predicted molar refractivity (Wildman–Crippen MR) is 255 cm³/mol. The minimum absolute atomic E-state index is 0.587. The van der Waals surface area contributed by atoms with Crippen molar-refractivity contribution in [1.29, 1.82) is 0 Å². The SMILES string of the molecule is c1ccc(-c2cccc(-c3ccccc3)c2-n2c3ccccc3c3c4c5c6c(ncc5n5c7ccc8c(c7c(cc32)c45)C2CC3CC(CC8C3)C2)C2CC3CC(C2)CC6C3)cc1. The molecule has 300 valence electrons. The maximum Gasteiger partial charge on any atom is 0.0728 e. The fraction of sp³-hybridized carbons (Fsp3) is 0.305. The number of fused-ring (bicyclic) bond motifs is 10. The molecule has 10 aromatic rings. The second-order valence-electron chi connectivity index (χ2n) is 21.1. The molecule has 0 saturated heterocycles. The molecule has 3 nitrogen and oxygen atoms in total. The number of para-hydroxylation sites is 2. The van der Waals surface area contributed by atoms with Gasteiger partial charge in [0.2, 0.25) is 0 Å². The molecular formula is C59H49N3. The predicted octanol–water partition coefficient (Wildman–Crippen LogP) is 15.4. The number of benzene rings is 6. The molecule has 6 aromatic carbocycles. The van der Waals surface area contributed by atoms with Crippen molar-refractivity contribution in [3.63, 3.8) is 0 Å². The Morgan fingerprint density at radius 2 is 1.03 bits per heavy atom. The monoisotopic (exact) mass is 799 g/mol. The third-order valence-corrected chi connectivity index (χ3v) is 17.9. The molecular weight excluding hydrogens is 751 g/mol. The highest BCUT2D eigenvalue weighted by Crippen LogP contribution is 2.61. The smallest absolute Gasteiger partial charge is 0.0728 e. The summed E-state index contributed by atoms with van der Waals surface area (Å²) in [6.45, 7) is 0. The Morgan fingerprint density at radius 1 is 0.419 bits per heavy atom. The maximum atomic E-state index is 5.64. The van der Waals surface area contributed by atoms with Crippen LogP contribution in [0.3, 0.4) is 0 Å². The summed E-state index contributed by atoms with van der Waals surface area (Å²) in [4.78, 5) is 5.64. The average Bonchev–Trinajstić information content (AvgIpc) is 3.85. The molecule has 18 rings (SSSR count). The number of pyridine rings is 1. The lowest BCUT2D eigenvalue weighted by atomic mass is 9.67. The Bertz CT molecular complexity index is 3450. The maximum absolute atomic E-state index is 5.64. The lowest BCUT2D eigenvalue weighted by Crippen LogP contribution is -2.25. The van der Waals surface area contributed by atoms with Crippen molar-refractivity contribution in [1.82, 2.24) is 14.0 Å². The highest BCUT2D eigenvalue weighted by molar-refractivity contribution is 6.36. The van der Waals surface area contributed by atoms with Gasteiger partial charge in [-0.2, -0.15) is 0 Å². The Kier molecular flexibility index (Phi) is 6.49. The molecule has 62 heavy (non-hydrogen) atoms. The quantitative estimate of drug-likeness (QED) is 0.174. The molecule has 3 heteroatoms. The van der Waals surface area contributed by atoms with Crippen molar-refractivity contribution >= 4 is 59.9 Å². The fourth-order valence-electron chi connectivity index (χ4n) is 16.1. The first-order valence-electron chi connectivity index (χ1n) is 24.1. The second-order valence-corrected chi connectivity index (χ2v) is 21.1. The van der Waals surface area contributed by atoms with E-state index >= 15 is 0 Å². The summed E-state index contributed by atoms with van der Waals surface area (Å²) in [7, 11) is 0. The minimum atomic E-state index is 0.587. The standard InChI is InChI=1S/C59H49N3/c1-3-10-36(11-4-1)43-15-9-16-44(37-12-5-2-6-13-37)58(43)61-47-17-8-7-14-45(47)53-49(61)30-46-54-48(19-18-42-38-22-32-20-33(23-38)25-39(24-32)51(42)54)62-50-31-60-57-41-28-34-21-35(29-41)27-40(26-34)52(57)55(50)56(53)59(46)62/h1-19,30-35,38-41H,20-29H2. The van der Waals surface area contributed by atoms with E-state index < -0.39 is 0 Å². The summed E-state index contributed by atoms with van der Waals surface area (Å²) in [6.07, 6.45) is 16.1. The lowest BCUT2D eigenvalue weighted by molar-refractivity contribution is 0.165. The van der Waals surface area contributed by atoms with Gasteiger partial charge in [-0.1, -0.05) is 103 Å². The summed E-state index contributed by atoms with van der Waals surface area (Å²) in [5.74, 6) is 5.96. The van der Waals surface area contributed by atoms with Crippen LogP contribution >= 0.6 is 0 Å². The lowest BCUT2D eigenvalue weighted by Gasteiger charge is -2.38.